The zero-order chi connectivity index (χ0) is 7.84. The lowest BCUT2D eigenvalue weighted by Crippen LogP contribution is -1.99. The highest BCUT2D eigenvalue weighted by Gasteiger charge is 2.02. The molecule has 0 aliphatic heterocycles. The SMILES string of the molecule is CC(C)n1cc2ccsc2n1. The van der Waals surface area contributed by atoms with Gasteiger partial charge < -0.3 is 0 Å². The van der Waals surface area contributed by atoms with Crippen LogP contribution < -0.4 is 0 Å². The molecule has 0 fully saturated rings. The van der Waals surface area contributed by atoms with Crippen LogP contribution in [0.3, 0.4) is 0 Å². The third-order valence-corrected chi connectivity index (χ3v) is 2.49. The van der Waals surface area contributed by atoms with Gasteiger partial charge in [-0.05, 0) is 25.3 Å². The Morgan fingerprint density at radius 3 is 3.00 bits per heavy atom. The number of rotatable bonds is 1. The van der Waals surface area contributed by atoms with Gasteiger partial charge in [0.1, 0.15) is 4.83 Å². The van der Waals surface area contributed by atoms with Gasteiger partial charge in [0.05, 0.1) is 0 Å². The summed E-state index contributed by atoms with van der Waals surface area (Å²) in [5, 5.41) is 7.73. The summed E-state index contributed by atoms with van der Waals surface area (Å²) in [4.78, 5) is 1.14. The third-order valence-electron chi connectivity index (χ3n) is 1.68. The molecule has 0 aliphatic carbocycles. The zero-order valence-corrected chi connectivity index (χ0v) is 7.43. The lowest BCUT2D eigenvalue weighted by atomic mass is 10.4. The molecule has 11 heavy (non-hydrogen) atoms. The fourth-order valence-electron chi connectivity index (χ4n) is 1.03. The van der Waals surface area contributed by atoms with Crippen molar-refractivity contribution >= 4 is 21.6 Å². The van der Waals surface area contributed by atoms with Crippen molar-refractivity contribution in [2.45, 2.75) is 19.9 Å². The van der Waals surface area contributed by atoms with Crippen LogP contribution in [0, 0.1) is 0 Å². The summed E-state index contributed by atoms with van der Waals surface area (Å²) in [5.74, 6) is 0. The first-order chi connectivity index (χ1) is 5.27. The molecule has 0 saturated heterocycles. The maximum Gasteiger partial charge on any atom is 0.145 e. The molecule has 0 radical (unpaired) electrons. The number of aromatic nitrogens is 2. The van der Waals surface area contributed by atoms with Gasteiger partial charge in [-0.25, -0.2) is 0 Å². The predicted octanol–water partition coefficient (Wildman–Crippen LogP) is 2.68. The van der Waals surface area contributed by atoms with Crippen molar-refractivity contribution in [1.82, 2.24) is 9.78 Å². The monoisotopic (exact) mass is 166 g/mol. The van der Waals surface area contributed by atoms with Gasteiger partial charge >= 0.3 is 0 Å². The van der Waals surface area contributed by atoms with Crippen molar-refractivity contribution in [3.05, 3.63) is 17.6 Å². The molecular formula is C8H10N2S. The van der Waals surface area contributed by atoms with Crippen LogP contribution in [0.2, 0.25) is 0 Å². The Kier molecular flexibility index (Phi) is 1.46. The molecule has 0 spiro atoms. The predicted molar refractivity (Wildman–Crippen MR) is 48.0 cm³/mol. The van der Waals surface area contributed by atoms with Gasteiger partial charge in [0.25, 0.3) is 0 Å². The van der Waals surface area contributed by atoms with Crippen LogP contribution in [0.5, 0.6) is 0 Å². The van der Waals surface area contributed by atoms with Gasteiger partial charge in [0, 0.05) is 17.6 Å². The molecule has 2 nitrogen and oxygen atoms in total. The largest absolute Gasteiger partial charge is 0.268 e. The van der Waals surface area contributed by atoms with Gasteiger partial charge in [0.15, 0.2) is 0 Å². The molecule has 3 heteroatoms. The van der Waals surface area contributed by atoms with E-state index < -0.39 is 0 Å². The van der Waals surface area contributed by atoms with Gasteiger partial charge in [-0.1, -0.05) is 0 Å². The smallest absolute Gasteiger partial charge is 0.145 e. The second kappa shape index (κ2) is 2.34. The van der Waals surface area contributed by atoms with Crippen LogP contribution >= 0.6 is 11.3 Å². The Balaban J connectivity index is 2.58. The average Bonchev–Trinajstić information content (AvgIpc) is 2.40. The second-order valence-corrected chi connectivity index (χ2v) is 3.78. The van der Waals surface area contributed by atoms with Gasteiger partial charge in [-0.3, -0.25) is 4.68 Å². The summed E-state index contributed by atoms with van der Waals surface area (Å²) >= 11 is 1.69. The van der Waals surface area contributed by atoms with Crippen molar-refractivity contribution in [1.29, 1.82) is 0 Å². The molecule has 2 aromatic rings. The first-order valence-electron chi connectivity index (χ1n) is 3.70. The quantitative estimate of drug-likeness (QED) is 0.637. The van der Waals surface area contributed by atoms with E-state index in [-0.39, 0.29) is 0 Å². The minimum atomic E-state index is 0.467. The highest BCUT2D eigenvalue weighted by atomic mass is 32.1. The number of fused-ring (bicyclic) bond motifs is 1. The molecule has 0 bridgehead atoms. The average molecular weight is 166 g/mol. The maximum atomic E-state index is 4.41. The first kappa shape index (κ1) is 6.85. The molecule has 0 aromatic carbocycles. The fourth-order valence-corrected chi connectivity index (χ4v) is 1.77. The van der Waals surface area contributed by atoms with Crippen LogP contribution in [-0.2, 0) is 0 Å². The second-order valence-electron chi connectivity index (χ2n) is 2.88. The molecule has 0 amide bonds. The van der Waals surface area contributed by atoms with Crippen LogP contribution in [0.4, 0.5) is 0 Å². The summed E-state index contributed by atoms with van der Waals surface area (Å²) in [6, 6.07) is 2.57. The Bertz CT molecular complexity index is 330. The minimum absolute atomic E-state index is 0.467. The summed E-state index contributed by atoms with van der Waals surface area (Å²) in [7, 11) is 0. The fraction of sp³-hybridized carbons (Fsp3) is 0.375. The van der Waals surface area contributed by atoms with E-state index in [4.69, 9.17) is 0 Å². The lowest BCUT2D eigenvalue weighted by molar-refractivity contribution is 0.538. The number of hydrogen-bond acceptors (Lipinski definition) is 2. The van der Waals surface area contributed by atoms with E-state index in [0.717, 1.165) is 4.83 Å². The highest BCUT2D eigenvalue weighted by molar-refractivity contribution is 7.16. The van der Waals surface area contributed by atoms with Crippen molar-refractivity contribution in [3.8, 4) is 0 Å². The van der Waals surface area contributed by atoms with Crippen molar-refractivity contribution in [2.75, 3.05) is 0 Å². The topological polar surface area (TPSA) is 17.8 Å². The number of nitrogens with zero attached hydrogens (tertiary/aromatic N) is 2. The molecule has 58 valence electrons. The number of thiophene rings is 1. The van der Waals surface area contributed by atoms with E-state index in [9.17, 15) is 0 Å². The third kappa shape index (κ3) is 1.05. The Morgan fingerprint density at radius 2 is 2.36 bits per heavy atom. The van der Waals surface area contributed by atoms with Crippen LogP contribution in [0.25, 0.3) is 10.2 Å². The van der Waals surface area contributed by atoms with Gasteiger partial charge in [-0.2, -0.15) is 5.10 Å². The minimum Gasteiger partial charge on any atom is -0.268 e. The molecule has 0 unspecified atom stereocenters. The van der Waals surface area contributed by atoms with E-state index >= 15 is 0 Å². The van der Waals surface area contributed by atoms with E-state index in [1.54, 1.807) is 11.3 Å². The summed E-state index contributed by atoms with van der Waals surface area (Å²) < 4.78 is 2.00. The molecule has 0 atom stereocenters. The van der Waals surface area contributed by atoms with Crippen molar-refractivity contribution in [3.63, 3.8) is 0 Å². The zero-order valence-electron chi connectivity index (χ0n) is 6.61. The normalized spacial score (nSPS) is 11.5. The van der Waals surface area contributed by atoms with E-state index in [0.29, 0.717) is 6.04 Å². The van der Waals surface area contributed by atoms with E-state index in [1.807, 2.05) is 4.68 Å². The Hall–Kier alpha value is -0.830. The molecule has 2 rings (SSSR count). The van der Waals surface area contributed by atoms with Crippen molar-refractivity contribution in [2.24, 2.45) is 0 Å². The summed E-state index contributed by atoms with van der Waals surface area (Å²) in [6.07, 6.45) is 2.09. The van der Waals surface area contributed by atoms with Gasteiger partial charge in [-0.15, -0.1) is 11.3 Å². The molecule has 0 saturated carbocycles. The standard InChI is InChI=1S/C8H10N2S/c1-6(2)10-5-7-3-4-11-8(7)9-10/h3-6H,1-2H3. The van der Waals surface area contributed by atoms with Crippen LogP contribution in [0.15, 0.2) is 17.6 Å². The van der Waals surface area contributed by atoms with Crippen LogP contribution in [-0.4, -0.2) is 9.78 Å². The van der Waals surface area contributed by atoms with E-state index in [1.165, 1.54) is 5.39 Å². The summed E-state index contributed by atoms with van der Waals surface area (Å²) in [5.41, 5.74) is 0. The van der Waals surface area contributed by atoms with Gasteiger partial charge in [0.2, 0.25) is 0 Å². The van der Waals surface area contributed by atoms with Crippen LogP contribution in [0.1, 0.15) is 19.9 Å². The molecule has 2 aromatic heterocycles. The summed E-state index contributed by atoms with van der Waals surface area (Å²) in [6.45, 7) is 4.27. The maximum absolute atomic E-state index is 4.41. The first-order valence-corrected chi connectivity index (χ1v) is 4.57. The lowest BCUT2D eigenvalue weighted by Gasteiger charge is -2.02. The molecular weight excluding hydrogens is 156 g/mol. The van der Waals surface area contributed by atoms with Crippen molar-refractivity contribution < 1.29 is 0 Å². The Morgan fingerprint density at radius 1 is 1.55 bits per heavy atom. The molecule has 2 heterocycles. The highest BCUT2D eigenvalue weighted by Crippen LogP contribution is 2.19. The Labute approximate surface area is 69.5 Å². The molecule has 0 aliphatic rings. The molecule has 0 N–H and O–H groups in total. The van der Waals surface area contributed by atoms with E-state index in [2.05, 4.69) is 36.6 Å². The number of hydrogen-bond donors (Lipinski definition) is 0.